The van der Waals surface area contributed by atoms with E-state index in [1.165, 1.54) is 0 Å². The van der Waals surface area contributed by atoms with Gasteiger partial charge in [0.25, 0.3) is 0 Å². The summed E-state index contributed by atoms with van der Waals surface area (Å²) in [5.74, 6) is 0.689. The molecule has 0 bridgehead atoms. The topological polar surface area (TPSA) is 14.1 Å². The first-order chi connectivity index (χ1) is 3.39. The van der Waals surface area contributed by atoms with E-state index in [1.807, 2.05) is 0 Å². The second kappa shape index (κ2) is 2.12. The molecule has 7 heavy (non-hydrogen) atoms. The smallest absolute Gasteiger partial charge is 0.0314 e. The van der Waals surface area contributed by atoms with Gasteiger partial charge >= 0.3 is 0 Å². The van der Waals surface area contributed by atoms with Crippen LogP contribution in [0, 0.1) is 5.92 Å². The molecule has 1 heterocycles. The monoisotopic (exact) mass is 96.1 g/mol. The third-order valence-corrected chi connectivity index (χ3v) is 1.12. The van der Waals surface area contributed by atoms with Crippen LogP contribution in [0.1, 0.15) is 6.92 Å². The molecule has 0 N–H and O–H groups in total. The van der Waals surface area contributed by atoms with Gasteiger partial charge in [-0.25, -0.2) is 5.32 Å². The molecular formula is C6H10N. The van der Waals surface area contributed by atoms with Crippen LogP contribution < -0.4 is 5.32 Å². The highest BCUT2D eigenvalue weighted by atomic mass is 14.9. The SMILES string of the molecule is CC1C=CC[N]C1. The molecule has 1 unspecified atom stereocenters. The van der Waals surface area contributed by atoms with Gasteiger partial charge in [-0.3, -0.25) is 0 Å². The summed E-state index contributed by atoms with van der Waals surface area (Å²) in [6.45, 7) is 4.14. The third kappa shape index (κ3) is 1.32. The normalized spacial score (nSPS) is 30.7. The lowest BCUT2D eigenvalue weighted by molar-refractivity contribution is 0.589. The maximum Gasteiger partial charge on any atom is 0.0314 e. The molecule has 0 aromatic heterocycles. The first-order valence-corrected chi connectivity index (χ1v) is 2.69. The summed E-state index contributed by atoms with van der Waals surface area (Å²) in [6.07, 6.45) is 4.33. The Balaban J connectivity index is 2.36. The quantitative estimate of drug-likeness (QED) is 0.396. The van der Waals surface area contributed by atoms with E-state index in [0.717, 1.165) is 13.1 Å². The molecule has 0 fully saturated rings. The largest absolute Gasteiger partial charge is 0.237 e. The lowest BCUT2D eigenvalue weighted by Crippen LogP contribution is -2.16. The van der Waals surface area contributed by atoms with Crippen LogP contribution in [0.25, 0.3) is 0 Å². The lowest BCUT2D eigenvalue weighted by atomic mass is 10.1. The Hall–Kier alpha value is -0.300. The molecule has 0 amide bonds. The van der Waals surface area contributed by atoms with Gasteiger partial charge in [0.1, 0.15) is 0 Å². The zero-order valence-electron chi connectivity index (χ0n) is 4.59. The summed E-state index contributed by atoms with van der Waals surface area (Å²) in [4.78, 5) is 0. The Kier molecular flexibility index (Phi) is 1.47. The first kappa shape index (κ1) is 4.85. The molecule has 1 aliphatic heterocycles. The van der Waals surface area contributed by atoms with Crippen LogP contribution in [0.4, 0.5) is 0 Å². The van der Waals surface area contributed by atoms with Crippen molar-refractivity contribution in [2.75, 3.05) is 13.1 Å². The second-order valence-corrected chi connectivity index (χ2v) is 1.99. The van der Waals surface area contributed by atoms with E-state index in [1.54, 1.807) is 0 Å². The molecule has 0 saturated heterocycles. The van der Waals surface area contributed by atoms with E-state index in [4.69, 9.17) is 0 Å². The lowest BCUT2D eigenvalue weighted by Gasteiger charge is -2.08. The van der Waals surface area contributed by atoms with Gasteiger partial charge in [0.05, 0.1) is 0 Å². The van der Waals surface area contributed by atoms with Crippen LogP contribution in [-0.4, -0.2) is 13.1 Å². The molecular weight excluding hydrogens is 86.1 g/mol. The fraction of sp³-hybridized carbons (Fsp3) is 0.667. The molecule has 39 valence electrons. The second-order valence-electron chi connectivity index (χ2n) is 1.99. The van der Waals surface area contributed by atoms with Crippen LogP contribution in [0.2, 0.25) is 0 Å². The predicted molar refractivity (Wildman–Crippen MR) is 30.2 cm³/mol. The molecule has 0 spiro atoms. The highest BCUT2D eigenvalue weighted by Crippen LogP contribution is 1.98. The van der Waals surface area contributed by atoms with Crippen molar-refractivity contribution in [1.82, 2.24) is 5.32 Å². The number of nitrogens with zero attached hydrogens (tertiary/aromatic N) is 1. The molecule has 0 aromatic carbocycles. The van der Waals surface area contributed by atoms with Gasteiger partial charge < -0.3 is 0 Å². The van der Waals surface area contributed by atoms with E-state index in [2.05, 4.69) is 24.4 Å². The fourth-order valence-electron chi connectivity index (χ4n) is 0.707. The average Bonchev–Trinajstić information content (AvgIpc) is 1.69. The van der Waals surface area contributed by atoms with Gasteiger partial charge in [-0.1, -0.05) is 19.1 Å². The molecule has 0 saturated carbocycles. The van der Waals surface area contributed by atoms with Crippen LogP contribution >= 0.6 is 0 Å². The molecule has 1 atom stereocenters. The highest BCUT2D eigenvalue weighted by molar-refractivity contribution is 4.93. The summed E-state index contributed by atoms with van der Waals surface area (Å²) in [5.41, 5.74) is 0. The van der Waals surface area contributed by atoms with Gasteiger partial charge in [0, 0.05) is 13.1 Å². The number of hydrogen-bond donors (Lipinski definition) is 0. The van der Waals surface area contributed by atoms with Gasteiger partial charge in [-0.2, -0.15) is 0 Å². The standard InChI is InChI=1S/C6H10N/c1-6-3-2-4-7-5-6/h2-3,6H,4-5H2,1H3. The first-order valence-electron chi connectivity index (χ1n) is 2.69. The Labute approximate surface area is 44.4 Å². The van der Waals surface area contributed by atoms with E-state index >= 15 is 0 Å². The zero-order valence-corrected chi connectivity index (χ0v) is 4.59. The van der Waals surface area contributed by atoms with Gasteiger partial charge in [0.2, 0.25) is 0 Å². The molecule has 1 aliphatic rings. The Bertz CT molecular complexity index is 76.2. The van der Waals surface area contributed by atoms with E-state index in [0.29, 0.717) is 5.92 Å². The number of rotatable bonds is 0. The van der Waals surface area contributed by atoms with E-state index in [-0.39, 0.29) is 0 Å². The van der Waals surface area contributed by atoms with Crippen molar-refractivity contribution in [3.8, 4) is 0 Å². The Morgan fingerprint density at radius 1 is 1.71 bits per heavy atom. The predicted octanol–water partition coefficient (Wildman–Crippen LogP) is 0.797. The molecule has 1 rings (SSSR count). The van der Waals surface area contributed by atoms with E-state index < -0.39 is 0 Å². The van der Waals surface area contributed by atoms with Crippen molar-refractivity contribution in [2.24, 2.45) is 5.92 Å². The van der Waals surface area contributed by atoms with Crippen molar-refractivity contribution >= 4 is 0 Å². The molecule has 1 nitrogen and oxygen atoms in total. The third-order valence-electron chi connectivity index (χ3n) is 1.12. The minimum absolute atomic E-state index is 0.689. The highest BCUT2D eigenvalue weighted by Gasteiger charge is 1.98. The van der Waals surface area contributed by atoms with Crippen LogP contribution in [0.3, 0.4) is 0 Å². The summed E-state index contributed by atoms with van der Waals surface area (Å²) < 4.78 is 0. The number of hydrogen-bond acceptors (Lipinski definition) is 0. The van der Waals surface area contributed by atoms with E-state index in [9.17, 15) is 0 Å². The Morgan fingerprint density at radius 3 is 2.86 bits per heavy atom. The van der Waals surface area contributed by atoms with Crippen molar-refractivity contribution in [3.63, 3.8) is 0 Å². The van der Waals surface area contributed by atoms with Crippen molar-refractivity contribution < 1.29 is 0 Å². The van der Waals surface area contributed by atoms with Crippen molar-refractivity contribution in [2.45, 2.75) is 6.92 Å². The fourth-order valence-corrected chi connectivity index (χ4v) is 0.707. The average molecular weight is 96.2 g/mol. The molecule has 1 radical (unpaired) electrons. The molecule has 0 aliphatic carbocycles. The summed E-state index contributed by atoms with van der Waals surface area (Å²) in [7, 11) is 0. The summed E-state index contributed by atoms with van der Waals surface area (Å²) in [5, 5.41) is 4.17. The Morgan fingerprint density at radius 2 is 2.57 bits per heavy atom. The maximum atomic E-state index is 4.17. The minimum atomic E-state index is 0.689. The van der Waals surface area contributed by atoms with Crippen LogP contribution in [0.5, 0.6) is 0 Å². The van der Waals surface area contributed by atoms with Gasteiger partial charge in [0.15, 0.2) is 0 Å². The minimum Gasteiger partial charge on any atom is -0.237 e. The maximum absolute atomic E-state index is 4.17. The zero-order chi connectivity index (χ0) is 5.11. The summed E-state index contributed by atoms with van der Waals surface area (Å²) in [6, 6.07) is 0. The van der Waals surface area contributed by atoms with Gasteiger partial charge in [-0.15, -0.1) is 0 Å². The van der Waals surface area contributed by atoms with Crippen LogP contribution in [0.15, 0.2) is 12.2 Å². The molecule has 1 heteroatoms. The summed E-state index contributed by atoms with van der Waals surface area (Å²) >= 11 is 0. The van der Waals surface area contributed by atoms with Gasteiger partial charge in [-0.05, 0) is 5.92 Å². The van der Waals surface area contributed by atoms with Crippen LogP contribution in [-0.2, 0) is 0 Å². The molecule has 0 aromatic rings. The van der Waals surface area contributed by atoms with Crippen molar-refractivity contribution in [3.05, 3.63) is 12.2 Å². The van der Waals surface area contributed by atoms with Crippen molar-refractivity contribution in [1.29, 1.82) is 0 Å².